The zero-order valence-electron chi connectivity index (χ0n) is 13.9. The fourth-order valence-corrected chi connectivity index (χ4v) is 2.85. The highest BCUT2D eigenvalue weighted by Crippen LogP contribution is 2.23. The smallest absolute Gasteiger partial charge is 0.220 e. The number of halogens is 1. The van der Waals surface area contributed by atoms with E-state index in [1.54, 1.807) is 6.07 Å². The summed E-state index contributed by atoms with van der Waals surface area (Å²) in [6.07, 6.45) is 3.85. The van der Waals surface area contributed by atoms with Crippen LogP contribution in [0.2, 0.25) is 5.02 Å². The van der Waals surface area contributed by atoms with Crippen molar-refractivity contribution >= 4 is 28.4 Å². The predicted octanol–water partition coefficient (Wildman–Crippen LogP) is 4.34. The maximum atomic E-state index is 11.9. The monoisotopic (exact) mass is 356 g/mol. The van der Waals surface area contributed by atoms with Gasteiger partial charge in [0.25, 0.3) is 0 Å². The first-order valence-electron chi connectivity index (χ1n) is 8.42. The Balaban J connectivity index is 1.33. The topological polar surface area (TPSA) is 54.1 Å². The summed E-state index contributed by atoms with van der Waals surface area (Å²) in [6, 6.07) is 15.7. The Morgan fingerprint density at radius 2 is 2.04 bits per heavy atom. The van der Waals surface area contributed by atoms with Crippen molar-refractivity contribution in [2.45, 2.75) is 19.3 Å². The summed E-state index contributed by atoms with van der Waals surface area (Å²) >= 11 is 6.02. The third-order valence-electron chi connectivity index (χ3n) is 4.00. The third-order valence-corrected chi connectivity index (χ3v) is 4.31. The van der Waals surface area contributed by atoms with E-state index in [2.05, 4.69) is 28.5 Å². The average Bonchev–Trinajstić information content (AvgIpc) is 3.08. The molecule has 0 spiro atoms. The van der Waals surface area contributed by atoms with Gasteiger partial charge in [0.2, 0.25) is 5.91 Å². The highest BCUT2D eigenvalue weighted by atomic mass is 35.5. The van der Waals surface area contributed by atoms with Gasteiger partial charge in [-0.2, -0.15) is 0 Å². The number of carbonyl (C=O) groups is 1. The Hall–Kier alpha value is -2.46. The van der Waals surface area contributed by atoms with Crippen LogP contribution < -0.4 is 10.1 Å². The largest absolute Gasteiger partial charge is 0.492 e. The van der Waals surface area contributed by atoms with E-state index < -0.39 is 0 Å². The lowest BCUT2D eigenvalue weighted by Gasteiger charge is -2.08. The highest BCUT2D eigenvalue weighted by molar-refractivity contribution is 6.32. The maximum absolute atomic E-state index is 11.9. The number of nitrogens with one attached hydrogen (secondary N) is 2. The van der Waals surface area contributed by atoms with Gasteiger partial charge in [-0.1, -0.05) is 35.9 Å². The first-order chi connectivity index (χ1) is 12.2. The molecule has 2 N–H and O–H groups in total. The molecular weight excluding hydrogens is 336 g/mol. The van der Waals surface area contributed by atoms with Gasteiger partial charge in [-0.25, -0.2) is 0 Å². The van der Waals surface area contributed by atoms with Crippen LogP contribution in [0.5, 0.6) is 5.75 Å². The summed E-state index contributed by atoms with van der Waals surface area (Å²) in [7, 11) is 0. The van der Waals surface area contributed by atoms with E-state index in [0.717, 1.165) is 11.9 Å². The van der Waals surface area contributed by atoms with Crippen molar-refractivity contribution in [1.82, 2.24) is 10.3 Å². The van der Waals surface area contributed by atoms with E-state index in [4.69, 9.17) is 16.3 Å². The van der Waals surface area contributed by atoms with Crippen LogP contribution in [0.1, 0.15) is 18.4 Å². The Bertz CT molecular complexity index is 844. The zero-order valence-corrected chi connectivity index (χ0v) is 14.7. The number of H-pyrrole nitrogens is 1. The number of amides is 1. The third kappa shape index (κ3) is 5.00. The lowest BCUT2D eigenvalue weighted by Crippen LogP contribution is -2.25. The molecule has 0 aliphatic rings. The second kappa shape index (κ2) is 8.58. The number of para-hydroxylation sites is 1. The molecule has 1 amide bonds. The van der Waals surface area contributed by atoms with E-state index in [9.17, 15) is 4.79 Å². The van der Waals surface area contributed by atoms with Crippen molar-refractivity contribution in [2.75, 3.05) is 13.2 Å². The maximum Gasteiger partial charge on any atom is 0.220 e. The number of benzene rings is 2. The molecule has 0 atom stereocenters. The van der Waals surface area contributed by atoms with Crippen LogP contribution in [0.3, 0.4) is 0 Å². The van der Waals surface area contributed by atoms with E-state index >= 15 is 0 Å². The molecule has 2 aromatic carbocycles. The first kappa shape index (κ1) is 17.4. The van der Waals surface area contributed by atoms with Gasteiger partial charge in [0.15, 0.2) is 0 Å². The number of ether oxygens (including phenoxy) is 1. The summed E-state index contributed by atoms with van der Waals surface area (Å²) in [5, 5.41) is 4.74. The minimum atomic E-state index is 0.0451. The minimum Gasteiger partial charge on any atom is -0.492 e. The Morgan fingerprint density at radius 3 is 2.92 bits per heavy atom. The van der Waals surface area contributed by atoms with Gasteiger partial charge < -0.3 is 15.0 Å². The lowest BCUT2D eigenvalue weighted by molar-refractivity contribution is -0.121. The molecule has 0 saturated carbocycles. The van der Waals surface area contributed by atoms with Gasteiger partial charge in [-0.3, -0.25) is 4.79 Å². The van der Waals surface area contributed by atoms with Crippen molar-refractivity contribution in [3.63, 3.8) is 0 Å². The number of hydrogen-bond acceptors (Lipinski definition) is 2. The van der Waals surface area contributed by atoms with Crippen molar-refractivity contribution in [1.29, 1.82) is 0 Å². The summed E-state index contributed by atoms with van der Waals surface area (Å²) in [5.74, 6) is 0.702. The summed E-state index contributed by atoms with van der Waals surface area (Å²) in [4.78, 5) is 15.1. The number of hydrogen-bond donors (Lipinski definition) is 2. The molecule has 1 aromatic heterocycles. The Morgan fingerprint density at radius 1 is 1.16 bits per heavy atom. The molecule has 3 aromatic rings. The first-order valence-corrected chi connectivity index (χ1v) is 8.80. The molecular formula is C20H21ClN2O2. The van der Waals surface area contributed by atoms with Crippen molar-refractivity contribution in [3.8, 4) is 5.75 Å². The molecule has 0 radical (unpaired) electrons. The van der Waals surface area contributed by atoms with Crippen LogP contribution in [-0.2, 0) is 11.2 Å². The van der Waals surface area contributed by atoms with Crippen LogP contribution in [0.25, 0.3) is 10.9 Å². The Kier molecular flexibility index (Phi) is 5.96. The summed E-state index contributed by atoms with van der Waals surface area (Å²) in [6.45, 7) is 1.11. The molecule has 0 aliphatic heterocycles. The van der Waals surface area contributed by atoms with E-state index in [1.807, 2.05) is 30.5 Å². The number of rotatable bonds is 8. The molecule has 25 heavy (non-hydrogen) atoms. The second-order valence-electron chi connectivity index (χ2n) is 5.88. The van der Waals surface area contributed by atoms with E-state index in [0.29, 0.717) is 36.8 Å². The van der Waals surface area contributed by atoms with Crippen molar-refractivity contribution in [2.24, 2.45) is 0 Å². The molecule has 1 heterocycles. The number of aromatic nitrogens is 1. The van der Waals surface area contributed by atoms with Crippen LogP contribution in [0.15, 0.2) is 54.7 Å². The molecule has 3 rings (SSSR count). The molecule has 0 saturated heterocycles. The van der Waals surface area contributed by atoms with Crippen LogP contribution >= 0.6 is 11.6 Å². The zero-order chi connectivity index (χ0) is 17.5. The molecule has 5 heteroatoms. The fourth-order valence-electron chi connectivity index (χ4n) is 2.66. The van der Waals surface area contributed by atoms with Crippen LogP contribution in [0.4, 0.5) is 0 Å². The van der Waals surface area contributed by atoms with Gasteiger partial charge in [0.1, 0.15) is 5.75 Å². The molecule has 0 aliphatic carbocycles. The average molecular weight is 357 g/mol. The van der Waals surface area contributed by atoms with E-state index in [1.165, 1.54) is 10.9 Å². The SMILES string of the molecule is O=C(CCCOc1ccccc1Cl)NCCc1ccc2cc[nH]c2c1. The molecule has 0 bridgehead atoms. The van der Waals surface area contributed by atoms with Gasteiger partial charge in [0, 0.05) is 24.7 Å². The highest BCUT2D eigenvalue weighted by Gasteiger charge is 2.04. The normalized spacial score (nSPS) is 10.8. The van der Waals surface area contributed by atoms with Crippen LogP contribution in [0, 0.1) is 0 Å². The second-order valence-corrected chi connectivity index (χ2v) is 6.29. The van der Waals surface area contributed by atoms with Gasteiger partial charge in [-0.05, 0) is 48.1 Å². The number of aromatic amines is 1. The van der Waals surface area contributed by atoms with Gasteiger partial charge >= 0.3 is 0 Å². The van der Waals surface area contributed by atoms with Gasteiger partial charge in [-0.15, -0.1) is 0 Å². The summed E-state index contributed by atoms with van der Waals surface area (Å²) in [5.41, 5.74) is 2.33. The summed E-state index contributed by atoms with van der Waals surface area (Å²) < 4.78 is 5.58. The fraction of sp³-hybridized carbons (Fsp3) is 0.250. The van der Waals surface area contributed by atoms with Crippen molar-refractivity contribution < 1.29 is 9.53 Å². The lowest BCUT2D eigenvalue weighted by atomic mass is 10.1. The van der Waals surface area contributed by atoms with Gasteiger partial charge in [0.05, 0.1) is 11.6 Å². The minimum absolute atomic E-state index is 0.0451. The number of carbonyl (C=O) groups excluding carboxylic acids is 1. The number of fused-ring (bicyclic) bond motifs is 1. The van der Waals surface area contributed by atoms with Crippen LogP contribution in [-0.4, -0.2) is 24.0 Å². The Labute approximate surface area is 152 Å². The molecule has 4 nitrogen and oxygen atoms in total. The molecule has 130 valence electrons. The quantitative estimate of drug-likeness (QED) is 0.590. The standard InChI is InChI=1S/C20H21ClN2O2/c21-17-4-1-2-5-19(17)25-13-3-6-20(24)23-11-9-15-7-8-16-10-12-22-18(16)14-15/h1-2,4-5,7-8,10,12,14,22H,3,6,9,11,13H2,(H,23,24). The van der Waals surface area contributed by atoms with E-state index in [-0.39, 0.29) is 5.91 Å². The molecule has 0 unspecified atom stereocenters. The predicted molar refractivity (Wildman–Crippen MR) is 101 cm³/mol. The van der Waals surface area contributed by atoms with Crippen molar-refractivity contribution in [3.05, 3.63) is 65.3 Å². The molecule has 0 fully saturated rings.